The quantitative estimate of drug-likeness (QED) is 0.420. The molecule has 0 aromatic carbocycles. The van der Waals surface area contributed by atoms with Crippen LogP contribution in [0, 0.1) is 5.92 Å². The Bertz CT molecular complexity index is 419. The van der Waals surface area contributed by atoms with Crippen LogP contribution in [0.15, 0.2) is 22.5 Å². The van der Waals surface area contributed by atoms with Crippen molar-refractivity contribution < 1.29 is 4.74 Å². The highest BCUT2D eigenvalue weighted by atomic mass is 127. The van der Waals surface area contributed by atoms with Crippen molar-refractivity contribution in [3.8, 4) is 0 Å². The molecule has 6 heteroatoms. The lowest BCUT2D eigenvalue weighted by molar-refractivity contribution is 0.0625. The number of halogens is 1. The van der Waals surface area contributed by atoms with Gasteiger partial charge in [-0.1, -0.05) is 6.07 Å². The largest absolute Gasteiger partial charge is 0.381 e. The summed E-state index contributed by atoms with van der Waals surface area (Å²) in [5.74, 6) is 1.82. The Hall–Kier alpha value is -0.340. The van der Waals surface area contributed by atoms with E-state index in [0.717, 1.165) is 44.7 Å². The van der Waals surface area contributed by atoms with Gasteiger partial charge in [-0.2, -0.15) is 0 Å². The Morgan fingerprint density at radius 2 is 2.23 bits per heavy atom. The van der Waals surface area contributed by atoms with E-state index in [1.54, 1.807) is 11.3 Å². The Balaban J connectivity index is 0.00000242. The summed E-state index contributed by atoms with van der Waals surface area (Å²) in [7, 11) is 2.13. The van der Waals surface area contributed by atoms with Crippen LogP contribution < -0.4 is 5.32 Å². The number of thiophene rings is 1. The van der Waals surface area contributed by atoms with Crippen LogP contribution in [-0.2, 0) is 11.3 Å². The number of hydrogen-bond acceptors (Lipinski definition) is 3. The summed E-state index contributed by atoms with van der Waals surface area (Å²) >= 11 is 1.76. The summed E-state index contributed by atoms with van der Waals surface area (Å²) < 4.78 is 5.42. The SMILES string of the molecule is CCNC(=NCc1cccs1)N(C)CCC1CCOCC1.I. The molecule has 1 fully saturated rings. The second-order valence-corrected chi connectivity index (χ2v) is 6.55. The highest BCUT2D eigenvalue weighted by Crippen LogP contribution is 2.18. The minimum absolute atomic E-state index is 0. The van der Waals surface area contributed by atoms with Gasteiger partial charge in [-0.05, 0) is 43.6 Å². The fourth-order valence-corrected chi connectivity index (χ4v) is 3.17. The third-order valence-corrected chi connectivity index (χ3v) is 4.74. The van der Waals surface area contributed by atoms with Crippen molar-refractivity contribution in [3.63, 3.8) is 0 Å². The van der Waals surface area contributed by atoms with Crippen LogP contribution in [0.3, 0.4) is 0 Å². The van der Waals surface area contributed by atoms with Gasteiger partial charge < -0.3 is 15.0 Å². The van der Waals surface area contributed by atoms with Gasteiger partial charge in [-0.3, -0.25) is 0 Å². The molecule has 1 aliphatic rings. The predicted octanol–water partition coefficient (Wildman–Crippen LogP) is 3.58. The molecule has 0 bridgehead atoms. The molecule has 0 atom stereocenters. The maximum absolute atomic E-state index is 5.42. The standard InChI is InChI=1S/C16H27N3OS.HI/c1-3-17-16(18-13-15-5-4-12-21-15)19(2)9-6-14-7-10-20-11-8-14;/h4-5,12,14H,3,6-11,13H2,1-2H3,(H,17,18);1H. The zero-order valence-corrected chi connectivity index (χ0v) is 16.7. The van der Waals surface area contributed by atoms with E-state index in [1.165, 1.54) is 24.1 Å². The molecule has 1 N–H and O–H groups in total. The van der Waals surface area contributed by atoms with Crippen molar-refractivity contribution >= 4 is 41.3 Å². The van der Waals surface area contributed by atoms with Crippen molar-refractivity contribution in [1.29, 1.82) is 0 Å². The Labute approximate surface area is 155 Å². The number of hydrogen-bond donors (Lipinski definition) is 1. The van der Waals surface area contributed by atoms with E-state index >= 15 is 0 Å². The summed E-state index contributed by atoms with van der Waals surface area (Å²) in [5, 5.41) is 5.49. The maximum atomic E-state index is 5.42. The minimum Gasteiger partial charge on any atom is -0.381 e. The summed E-state index contributed by atoms with van der Waals surface area (Å²) in [4.78, 5) is 8.30. The summed E-state index contributed by atoms with van der Waals surface area (Å²) in [6.07, 6.45) is 3.64. The second-order valence-electron chi connectivity index (χ2n) is 5.52. The van der Waals surface area contributed by atoms with Gasteiger partial charge in [0.2, 0.25) is 0 Å². The number of aliphatic imine (C=N–C) groups is 1. The molecule has 2 heterocycles. The van der Waals surface area contributed by atoms with Gasteiger partial charge in [0.05, 0.1) is 6.54 Å². The van der Waals surface area contributed by atoms with E-state index in [9.17, 15) is 0 Å². The first-order chi connectivity index (χ1) is 10.3. The van der Waals surface area contributed by atoms with Crippen molar-refractivity contribution in [2.75, 3.05) is 33.4 Å². The van der Waals surface area contributed by atoms with Gasteiger partial charge in [-0.25, -0.2) is 4.99 Å². The number of nitrogens with zero attached hydrogens (tertiary/aromatic N) is 2. The van der Waals surface area contributed by atoms with Crippen molar-refractivity contribution in [1.82, 2.24) is 10.2 Å². The van der Waals surface area contributed by atoms with E-state index in [4.69, 9.17) is 9.73 Å². The third-order valence-electron chi connectivity index (χ3n) is 3.87. The molecule has 0 amide bonds. The van der Waals surface area contributed by atoms with Gasteiger partial charge >= 0.3 is 0 Å². The molecule has 1 aliphatic heterocycles. The number of rotatable bonds is 6. The van der Waals surface area contributed by atoms with Crippen LogP contribution in [0.25, 0.3) is 0 Å². The van der Waals surface area contributed by atoms with Gasteiger partial charge in [0.25, 0.3) is 0 Å². The number of nitrogens with one attached hydrogen (secondary N) is 1. The maximum Gasteiger partial charge on any atom is 0.194 e. The van der Waals surface area contributed by atoms with Crippen LogP contribution in [0.5, 0.6) is 0 Å². The van der Waals surface area contributed by atoms with Crippen LogP contribution >= 0.6 is 35.3 Å². The van der Waals surface area contributed by atoms with Crippen LogP contribution in [0.4, 0.5) is 0 Å². The second kappa shape index (κ2) is 11.2. The lowest BCUT2D eigenvalue weighted by Crippen LogP contribution is -2.40. The molecular formula is C16H28IN3OS. The molecule has 0 spiro atoms. The normalized spacial score (nSPS) is 16.2. The van der Waals surface area contributed by atoms with E-state index < -0.39 is 0 Å². The Morgan fingerprint density at radius 3 is 2.86 bits per heavy atom. The smallest absolute Gasteiger partial charge is 0.194 e. The zero-order valence-electron chi connectivity index (χ0n) is 13.6. The molecule has 22 heavy (non-hydrogen) atoms. The van der Waals surface area contributed by atoms with Crippen molar-refractivity contribution in [2.45, 2.75) is 32.7 Å². The average Bonchev–Trinajstić information content (AvgIpc) is 3.03. The summed E-state index contributed by atoms with van der Waals surface area (Å²) in [6, 6.07) is 4.22. The van der Waals surface area contributed by atoms with E-state index in [2.05, 4.69) is 41.7 Å². The van der Waals surface area contributed by atoms with Crippen molar-refractivity contribution in [3.05, 3.63) is 22.4 Å². The molecule has 1 saturated heterocycles. The predicted molar refractivity (Wildman–Crippen MR) is 105 cm³/mol. The molecule has 2 rings (SSSR count). The number of ether oxygens (including phenoxy) is 1. The molecule has 1 aromatic heterocycles. The Kier molecular flexibility index (Phi) is 10.1. The van der Waals surface area contributed by atoms with Crippen LogP contribution in [0.1, 0.15) is 31.1 Å². The molecule has 0 radical (unpaired) electrons. The molecule has 1 aromatic rings. The fourth-order valence-electron chi connectivity index (χ4n) is 2.54. The lowest BCUT2D eigenvalue weighted by Gasteiger charge is -2.26. The first-order valence-electron chi connectivity index (χ1n) is 7.89. The fraction of sp³-hybridized carbons (Fsp3) is 0.688. The van der Waals surface area contributed by atoms with E-state index in [0.29, 0.717) is 0 Å². The molecule has 0 unspecified atom stereocenters. The van der Waals surface area contributed by atoms with Crippen molar-refractivity contribution in [2.24, 2.45) is 10.9 Å². The molecule has 4 nitrogen and oxygen atoms in total. The van der Waals surface area contributed by atoms with Gasteiger partial charge in [-0.15, -0.1) is 35.3 Å². The molecule has 126 valence electrons. The molecule has 0 saturated carbocycles. The topological polar surface area (TPSA) is 36.9 Å². The lowest BCUT2D eigenvalue weighted by atomic mass is 9.96. The molecular weight excluding hydrogens is 409 g/mol. The zero-order chi connectivity index (χ0) is 14.9. The average molecular weight is 437 g/mol. The first-order valence-corrected chi connectivity index (χ1v) is 8.77. The minimum atomic E-state index is 0. The van der Waals surface area contributed by atoms with E-state index in [1.807, 2.05) is 0 Å². The van der Waals surface area contributed by atoms with Gasteiger partial charge in [0, 0.05) is 38.2 Å². The molecule has 0 aliphatic carbocycles. The number of guanidine groups is 1. The summed E-state index contributed by atoms with van der Waals surface area (Å²) in [5.41, 5.74) is 0. The monoisotopic (exact) mass is 437 g/mol. The first kappa shape index (κ1) is 19.7. The Morgan fingerprint density at radius 1 is 1.45 bits per heavy atom. The third kappa shape index (κ3) is 6.83. The highest BCUT2D eigenvalue weighted by molar-refractivity contribution is 14.0. The van der Waals surface area contributed by atoms with E-state index in [-0.39, 0.29) is 24.0 Å². The highest BCUT2D eigenvalue weighted by Gasteiger charge is 2.15. The summed E-state index contributed by atoms with van der Waals surface area (Å²) in [6.45, 7) is 6.71. The van der Waals surface area contributed by atoms with Crippen LogP contribution in [0.2, 0.25) is 0 Å². The van der Waals surface area contributed by atoms with Gasteiger partial charge in [0.15, 0.2) is 5.96 Å². The van der Waals surface area contributed by atoms with Gasteiger partial charge in [0.1, 0.15) is 0 Å². The van der Waals surface area contributed by atoms with Crippen LogP contribution in [-0.4, -0.2) is 44.2 Å².